The molecule has 103 valence electrons. The van der Waals surface area contributed by atoms with E-state index in [4.69, 9.17) is 21.1 Å². The maximum Gasteiger partial charge on any atom is 0.338 e. The topological polar surface area (TPSA) is 48.4 Å². The van der Waals surface area contributed by atoms with Gasteiger partial charge in [0, 0.05) is 12.3 Å². The number of carbonyl (C=O) groups excluding carboxylic acids is 1. The predicted molar refractivity (Wildman–Crippen MR) is 78.3 cm³/mol. The van der Waals surface area contributed by atoms with Crippen molar-refractivity contribution >= 4 is 33.5 Å². The van der Waals surface area contributed by atoms with Gasteiger partial charge in [0.1, 0.15) is 11.5 Å². The smallest absolute Gasteiger partial charge is 0.338 e. The fourth-order valence-corrected chi connectivity index (χ4v) is 1.90. The Kier molecular flexibility index (Phi) is 4.98. The van der Waals surface area contributed by atoms with Crippen molar-refractivity contribution < 1.29 is 14.3 Å². The van der Waals surface area contributed by atoms with Crippen molar-refractivity contribution in [1.82, 2.24) is 4.98 Å². The summed E-state index contributed by atoms with van der Waals surface area (Å²) >= 11 is 9.37. The zero-order valence-electron chi connectivity index (χ0n) is 10.5. The summed E-state index contributed by atoms with van der Waals surface area (Å²) in [7, 11) is 0. The van der Waals surface area contributed by atoms with Gasteiger partial charge in [0.15, 0.2) is 0 Å². The first-order valence-electron chi connectivity index (χ1n) is 5.78. The van der Waals surface area contributed by atoms with Crippen molar-refractivity contribution in [2.45, 2.75) is 6.92 Å². The summed E-state index contributed by atoms with van der Waals surface area (Å²) in [6, 6.07) is 6.27. The fourth-order valence-electron chi connectivity index (χ4n) is 1.44. The number of nitrogens with zero attached hydrogens (tertiary/aromatic N) is 1. The second kappa shape index (κ2) is 6.72. The molecule has 2 rings (SSSR count). The molecule has 0 N–H and O–H groups in total. The van der Waals surface area contributed by atoms with Crippen LogP contribution in [0.2, 0.25) is 5.02 Å². The molecule has 0 aliphatic heterocycles. The minimum atomic E-state index is -0.422. The van der Waals surface area contributed by atoms with E-state index in [0.717, 1.165) is 0 Å². The van der Waals surface area contributed by atoms with Crippen LogP contribution in [0.3, 0.4) is 0 Å². The fraction of sp³-hybridized carbons (Fsp3) is 0.143. The molecule has 1 aromatic heterocycles. The largest absolute Gasteiger partial charge is 0.462 e. The number of ether oxygens (including phenoxy) is 2. The van der Waals surface area contributed by atoms with Crippen molar-refractivity contribution in [2.24, 2.45) is 0 Å². The molecular weight excluding hydrogens is 346 g/mol. The molecule has 0 spiro atoms. The number of esters is 1. The molecule has 2 aromatic rings. The van der Waals surface area contributed by atoms with Crippen LogP contribution in [0.1, 0.15) is 17.3 Å². The summed E-state index contributed by atoms with van der Waals surface area (Å²) in [5, 5.41) is 0.391. The van der Waals surface area contributed by atoms with E-state index in [2.05, 4.69) is 27.1 Å². The Morgan fingerprint density at radius 2 is 2.25 bits per heavy atom. The summed E-state index contributed by atoms with van der Waals surface area (Å²) in [6.07, 6.45) is 4.21. The van der Waals surface area contributed by atoms with E-state index < -0.39 is 5.97 Å². The molecule has 1 heterocycles. The third kappa shape index (κ3) is 3.49. The zero-order chi connectivity index (χ0) is 14.5. The molecule has 20 heavy (non-hydrogen) atoms. The molecule has 0 saturated carbocycles. The Morgan fingerprint density at radius 3 is 2.95 bits per heavy atom. The van der Waals surface area contributed by atoms with Crippen LogP contribution in [-0.2, 0) is 4.74 Å². The molecule has 0 bridgehead atoms. The summed E-state index contributed by atoms with van der Waals surface area (Å²) < 4.78 is 11.2. The Labute approximate surface area is 129 Å². The van der Waals surface area contributed by atoms with E-state index in [0.29, 0.717) is 33.2 Å². The third-order valence-corrected chi connectivity index (χ3v) is 3.25. The number of rotatable bonds is 4. The zero-order valence-corrected chi connectivity index (χ0v) is 12.9. The van der Waals surface area contributed by atoms with Gasteiger partial charge in [-0.25, -0.2) is 4.79 Å². The van der Waals surface area contributed by atoms with Crippen LogP contribution in [0.4, 0.5) is 0 Å². The number of halogens is 2. The summed E-state index contributed by atoms with van der Waals surface area (Å²) in [5.74, 6) is 0.440. The molecule has 0 unspecified atom stereocenters. The van der Waals surface area contributed by atoms with Crippen molar-refractivity contribution in [2.75, 3.05) is 6.61 Å². The number of hydrogen-bond donors (Lipinski definition) is 0. The maximum absolute atomic E-state index is 11.7. The van der Waals surface area contributed by atoms with Gasteiger partial charge < -0.3 is 9.47 Å². The number of aromatic nitrogens is 1. The molecule has 0 atom stereocenters. The average molecular weight is 356 g/mol. The van der Waals surface area contributed by atoms with Crippen molar-refractivity contribution in [1.29, 1.82) is 0 Å². The van der Waals surface area contributed by atoms with E-state index >= 15 is 0 Å². The lowest BCUT2D eigenvalue weighted by atomic mass is 10.2. The van der Waals surface area contributed by atoms with Crippen molar-refractivity contribution in [3.63, 3.8) is 0 Å². The summed E-state index contributed by atoms with van der Waals surface area (Å²) in [4.78, 5) is 15.5. The highest BCUT2D eigenvalue weighted by molar-refractivity contribution is 9.10. The van der Waals surface area contributed by atoms with Gasteiger partial charge in [0.25, 0.3) is 0 Å². The number of carbonyl (C=O) groups is 1. The standard InChI is InChI=1S/C14H10BrClNO3/c1-2-19-14(18)9-3-4-11(16)13(7-9)20-12-5-6-17-8-10(12)15/h3-5,7-8H,2H2,1H3. The molecule has 4 nitrogen and oxygen atoms in total. The van der Waals surface area contributed by atoms with Crippen LogP contribution >= 0.6 is 27.5 Å². The highest BCUT2D eigenvalue weighted by Crippen LogP contribution is 2.33. The van der Waals surface area contributed by atoms with E-state index in [1.165, 1.54) is 6.07 Å². The number of pyridine rings is 1. The van der Waals surface area contributed by atoms with Crippen LogP contribution in [-0.4, -0.2) is 17.6 Å². The van der Waals surface area contributed by atoms with Gasteiger partial charge in [-0.05, 0) is 41.1 Å². The lowest BCUT2D eigenvalue weighted by Crippen LogP contribution is -2.04. The van der Waals surface area contributed by atoms with Crippen molar-refractivity contribution in [3.05, 3.63) is 51.7 Å². The lowest BCUT2D eigenvalue weighted by molar-refractivity contribution is 0.0526. The van der Waals surface area contributed by atoms with Gasteiger partial charge in [-0.1, -0.05) is 11.6 Å². The van der Waals surface area contributed by atoms with Gasteiger partial charge >= 0.3 is 5.97 Å². The van der Waals surface area contributed by atoms with Crippen LogP contribution in [0.5, 0.6) is 11.5 Å². The Hall–Kier alpha value is -1.59. The summed E-state index contributed by atoms with van der Waals surface area (Å²) in [6.45, 7) is 2.05. The predicted octanol–water partition coefficient (Wildman–Crippen LogP) is 4.27. The molecule has 0 fully saturated rings. The molecule has 6 heteroatoms. The van der Waals surface area contributed by atoms with Crippen LogP contribution in [0.15, 0.2) is 34.9 Å². The first kappa shape index (κ1) is 14.8. The minimum Gasteiger partial charge on any atom is -0.462 e. The Bertz CT molecular complexity index is 634. The number of benzene rings is 1. The van der Waals surface area contributed by atoms with E-state index in [-0.39, 0.29) is 0 Å². The first-order chi connectivity index (χ1) is 9.61. The normalized spacial score (nSPS) is 10.2. The first-order valence-corrected chi connectivity index (χ1v) is 6.95. The third-order valence-electron chi connectivity index (χ3n) is 2.35. The SMILES string of the molecule is CCOC(=O)c1ccc(Cl)c(Oc2c[c]ncc2Br)c1. The van der Waals surface area contributed by atoms with Gasteiger partial charge in [-0.2, -0.15) is 0 Å². The second-order valence-corrected chi connectivity index (χ2v) is 4.97. The average Bonchev–Trinajstić information content (AvgIpc) is 2.44. The van der Waals surface area contributed by atoms with Gasteiger partial charge in [-0.15, -0.1) is 0 Å². The van der Waals surface area contributed by atoms with Crippen molar-refractivity contribution in [3.8, 4) is 11.5 Å². The maximum atomic E-state index is 11.7. The molecule has 0 aliphatic carbocycles. The molecular formula is C14H10BrClNO3. The number of hydrogen-bond acceptors (Lipinski definition) is 4. The lowest BCUT2D eigenvalue weighted by Gasteiger charge is -2.10. The summed E-state index contributed by atoms with van der Waals surface area (Å²) in [5.41, 5.74) is 0.375. The van der Waals surface area contributed by atoms with E-state index in [1.54, 1.807) is 31.3 Å². The van der Waals surface area contributed by atoms with Gasteiger partial charge in [-0.3, -0.25) is 4.98 Å². The highest BCUT2D eigenvalue weighted by atomic mass is 79.9. The molecule has 0 amide bonds. The second-order valence-electron chi connectivity index (χ2n) is 3.71. The Morgan fingerprint density at radius 1 is 1.45 bits per heavy atom. The van der Waals surface area contributed by atoms with E-state index in [1.807, 2.05) is 0 Å². The molecule has 1 radical (unpaired) electrons. The van der Waals surface area contributed by atoms with Gasteiger partial charge in [0.05, 0.1) is 27.9 Å². The van der Waals surface area contributed by atoms with Crippen LogP contribution in [0.25, 0.3) is 0 Å². The Balaban J connectivity index is 2.30. The molecule has 0 aliphatic rings. The van der Waals surface area contributed by atoms with E-state index in [9.17, 15) is 4.79 Å². The van der Waals surface area contributed by atoms with Gasteiger partial charge in [0.2, 0.25) is 0 Å². The quantitative estimate of drug-likeness (QED) is 0.769. The highest BCUT2D eigenvalue weighted by Gasteiger charge is 2.12. The monoisotopic (exact) mass is 354 g/mol. The molecule has 0 saturated heterocycles. The van der Waals surface area contributed by atoms with Crippen LogP contribution in [0, 0.1) is 6.20 Å². The van der Waals surface area contributed by atoms with Crippen LogP contribution < -0.4 is 4.74 Å². The molecule has 1 aromatic carbocycles. The minimum absolute atomic E-state index is 0.308.